The highest BCUT2D eigenvalue weighted by atomic mass is 16.2. The Kier molecular flexibility index (Phi) is 7.09. The van der Waals surface area contributed by atoms with Crippen LogP contribution in [0.3, 0.4) is 0 Å². The summed E-state index contributed by atoms with van der Waals surface area (Å²) in [6.07, 6.45) is 2.79. The summed E-state index contributed by atoms with van der Waals surface area (Å²) in [6.45, 7) is 6.13. The Labute approximate surface area is 287 Å². The van der Waals surface area contributed by atoms with Crippen LogP contribution in [0.25, 0.3) is 27.7 Å². The smallest absolute Gasteiger partial charge is 0.284 e. The van der Waals surface area contributed by atoms with Gasteiger partial charge < -0.3 is 25.0 Å². The van der Waals surface area contributed by atoms with Gasteiger partial charge in [-0.25, -0.2) is 0 Å². The van der Waals surface area contributed by atoms with Crippen molar-refractivity contribution in [2.75, 3.05) is 54.8 Å². The molecule has 50 heavy (non-hydrogen) atoms. The monoisotopic (exact) mass is 673 g/mol. The predicted octanol–water partition coefficient (Wildman–Crippen LogP) is 2.47. The molecule has 1 atom stereocenters. The Morgan fingerprint density at radius 1 is 0.800 bits per heavy atom. The highest BCUT2D eigenvalue weighted by Gasteiger charge is 2.39. The Balaban J connectivity index is 0.845. The van der Waals surface area contributed by atoms with Crippen molar-refractivity contribution in [2.24, 2.45) is 7.05 Å². The van der Waals surface area contributed by atoms with Crippen molar-refractivity contribution in [3.05, 3.63) is 76.1 Å². The van der Waals surface area contributed by atoms with E-state index in [9.17, 15) is 19.2 Å². The first-order valence-corrected chi connectivity index (χ1v) is 17.5. The van der Waals surface area contributed by atoms with Crippen LogP contribution in [-0.2, 0) is 23.2 Å². The number of carbonyl (C=O) groups excluding carboxylic acids is 3. The second kappa shape index (κ2) is 11.6. The van der Waals surface area contributed by atoms with E-state index in [0.29, 0.717) is 41.4 Å². The summed E-state index contributed by atoms with van der Waals surface area (Å²) in [4.78, 5) is 63.6. The van der Waals surface area contributed by atoms with E-state index >= 15 is 0 Å². The molecule has 3 fully saturated rings. The first-order chi connectivity index (χ1) is 24.2. The third-order valence-corrected chi connectivity index (χ3v) is 11.3. The number of carbonyl (C=O) groups is 3. The molecule has 0 bridgehead atoms. The number of nitrogens with zero attached hydrogens (tertiary/aromatic N) is 7. The van der Waals surface area contributed by atoms with Gasteiger partial charge in [-0.05, 0) is 73.4 Å². The lowest BCUT2D eigenvalue weighted by Gasteiger charge is -2.44. The second-order valence-corrected chi connectivity index (χ2v) is 14.0. The number of nitrogens with two attached hydrogens (primary N) is 1. The summed E-state index contributed by atoms with van der Waals surface area (Å²) in [7, 11) is 1.95. The number of hydrogen-bond donors (Lipinski definition) is 2. The first-order valence-electron chi connectivity index (χ1n) is 17.5. The van der Waals surface area contributed by atoms with Crippen molar-refractivity contribution in [1.29, 1.82) is 0 Å². The average molecular weight is 674 g/mol. The van der Waals surface area contributed by atoms with Crippen LogP contribution in [0.1, 0.15) is 41.6 Å². The Hall–Kier alpha value is -5.43. The molecular formula is C37H39N9O4. The highest BCUT2D eigenvalue weighted by molar-refractivity contribution is 6.05. The van der Waals surface area contributed by atoms with Crippen LogP contribution >= 0.6 is 0 Å². The van der Waals surface area contributed by atoms with Gasteiger partial charge in [-0.2, -0.15) is 4.98 Å². The van der Waals surface area contributed by atoms with E-state index in [0.717, 1.165) is 79.9 Å². The zero-order valence-electron chi connectivity index (χ0n) is 28.0. The molecule has 0 radical (unpaired) electrons. The quantitative estimate of drug-likeness (QED) is 0.218. The standard InChI is InChI=1S/C37H39N9O4/c1-41-31-20-25(6-8-28(31)46-29-4-2-3-27(38)33(29)35(49)40-37(41)46)42-13-11-23(12-14-42)43-15-17-44(18-16-43)24-5-7-26-22(19-24)21-45(36(26)50)30-9-10-32(47)39-34(30)48/h2-8,19-20,23,30H,9-18,21,38H2,1H3,(H,39,47,48). The number of rotatable bonds is 4. The predicted molar refractivity (Wildman–Crippen MR) is 191 cm³/mol. The zero-order chi connectivity index (χ0) is 34.3. The summed E-state index contributed by atoms with van der Waals surface area (Å²) in [6, 6.07) is 18.0. The summed E-state index contributed by atoms with van der Waals surface area (Å²) in [5.41, 5.74) is 12.9. The minimum absolute atomic E-state index is 0.137. The average Bonchev–Trinajstić information content (AvgIpc) is 3.60. The van der Waals surface area contributed by atoms with Gasteiger partial charge in [-0.3, -0.25) is 33.8 Å². The van der Waals surface area contributed by atoms with Crippen molar-refractivity contribution in [3.8, 4) is 0 Å². The number of piperidine rings is 2. The van der Waals surface area contributed by atoms with Gasteiger partial charge in [0.2, 0.25) is 17.6 Å². The van der Waals surface area contributed by atoms with Crippen LogP contribution in [0.2, 0.25) is 0 Å². The second-order valence-electron chi connectivity index (χ2n) is 14.0. The van der Waals surface area contributed by atoms with Crippen LogP contribution in [0.15, 0.2) is 59.4 Å². The van der Waals surface area contributed by atoms with Gasteiger partial charge in [-0.15, -0.1) is 0 Å². The summed E-state index contributed by atoms with van der Waals surface area (Å²) >= 11 is 0. The first kappa shape index (κ1) is 30.6. The molecule has 1 unspecified atom stereocenters. The molecule has 256 valence electrons. The molecule has 3 aromatic carbocycles. The number of imide groups is 1. The number of nitrogens with one attached hydrogen (secondary N) is 1. The van der Waals surface area contributed by atoms with Gasteiger partial charge in [0.1, 0.15) is 6.04 Å². The van der Waals surface area contributed by atoms with E-state index in [1.807, 2.05) is 40.3 Å². The van der Waals surface area contributed by atoms with Crippen LogP contribution < -0.4 is 26.4 Å². The summed E-state index contributed by atoms with van der Waals surface area (Å²) in [5.74, 6) is -0.199. The van der Waals surface area contributed by atoms with Gasteiger partial charge in [0.15, 0.2) is 0 Å². The number of imidazole rings is 1. The number of anilines is 3. The van der Waals surface area contributed by atoms with Crippen molar-refractivity contribution in [3.63, 3.8) is 0 Å². The number of amides is 3. The van der Waals surface area contributed by atoms with Crippen LogP contribution in [0.5, 0.6) is 0 Å². The number of aryl methyl sites for hydroxylation is 1. The SMILES string of the molecule is Cn1c2cc(N3CCC(N4CCN(c5ccc6c(c5)CN(C5CCC(=O)NC5=O)C6=O)CC4)CC3)ccc2n2c3cccc(N)c3c(=O)nc12. The molecule has 3 saturated heterocycles. The summed E-state index contributed by atoms with van der Waals surface area (Å²) < 4.78 is 4.01. The molecule has 0 saturated carbocycles. The van der Waals surface area contributed by atoms with Crippen molar-refractivity contribution < 1.29 is 14.4 Å². The normalized spacial score (nSPS) is 20.8. The molecular weight excluding hydrogens is 634 g/mol. The molecule has 4 aliphatic heterocycles. The number of fused-ring (bicyclic) bond motifs is 6. The maximum atomic E-state index is 13.1. The molecule has 6 heterocycles. The lowest BCUT2D eigenvalue weighted by Crippen LogP contribution is -2.53. The molecule has 0 aliphatic carbocycles. The molecule has 5 aromatic rings. The lowest BCUT2D eigenvalue weighted by atomic mass is 10.0. The van der Waals surface area contributed by atoms with Crippen LogP contribution in [-0.4, -0.2) is 92.8 Å². The van der Waals surface area contributed by atoms with Crippen LogP contribution in [0, 0.1) is 0 Å². The van der Waals surface area contributed by atoms with E-state index in [-0.39, 0.29) is 29.7 Å². The fourth-order valence-electron chi connectivity index (χ4n) is 8.61. The Morgan fingerprint density at radius 3 is 2.32 bits per heavy atom. The van der Waals surface area contributed by atoms with Gasteiger partial charge >= 0.3 is 0 Å². The van der Waals surface area contributed by atoms with Crippen molar-refractivity contribution >= 4 is 62.5 Å². The Bertz CT molecular complexity index is 2300. The van der Waals surface area contributed by atoms with E-state index in [1.165, 1.54) is 5.69 Å². The molecule has 3 N–H and O–H groups in total. The Morgan fingerprint density at radius 2 is 1.54 bits per heavy atom. The number of aromatic nitrogens is 3. The fraction of sp³-hybridized carbons (Fsp3) is 0.378. The molecule has 0 spiro atoms. The van der Waals surface area contributed by atoms with Gasteiger partial charge in [0.25, 0.3) is 11.5 Å². The maximum Gasteiger partial charge on any atom is 0.284 e. The van der Waals surface area contributed by atoms with E-state index in [1.54, 1.807) is 11.0 Å². The number of piperazine rings is 1. The van der Waals surface area contributed by atoms with Crippen LogP contribution in [0.4, 0.5) is 17.1 Å². The largest absolute Gasteiger partial charge is 0.398 e. The molecule has 2 aromatic heterocycles. The molecule has 9 rings (SSSR count). The van der Waals surface area contributed by atoms with Crippen molar-refractivity contribution in [2.45, 2.75) is 44.3 Å². The summed E-state index contributed by atoms with van der Waals surface area (Å²) in [5, 5.41) is 2.83. The third kappa shape index (κ3) is 4.82. The van der Waals surface area contributed by atoms with Crippen molar-refractivity contribution in [1.82, 2.24) is 29.1 Å². The number of hydrogen-bond acceptors (Lipinski definition) is 9. The molecule has 4 aliphatic rings. The lowest BCUT2D eigenvalue weighted by molar-refractivity contribution is -0.136. The van der Waals surface area contributed by atoms with Gasteiger partial charge in [0, 0.05) is 87.9 Å². The van der Waals surface area contributed by atoms with E-state index < -0.39 is 6.04 Å². The highest BCUT2D eigenvalue weighted by Crippen LogP contribution is 2.33. The minimum Gasteiger partial charge on any atom is -0.398 e. The van der Waals surface area contributed by atoms with Gasteiger partial charge in [-0.1, -0.05) is 6.07 Å². The zero-order valence-corrected chi connectivity index (χ0v) is 28.0. The molecule has 13 nitrogen and oxygen atoms in total. The molecule has 13 heteroatoms. The third-order valence-electron chi connectivity index (χ3n) is 11.3. The minimum atomic E-state index is -0.599. The fourth-order valence-corrected chi connectivity index (χ4v) is 8.61. The number of nitrogen functional groups attached to an aromatic ring is 1. The maximum absolute atomic E-state index is 13.1. The van der Waals surface area contributed by atoms with E-state index in [2.05, 4.69) is 49.3 Å². The topological polar surface area (TPSA) is 142 Å². The molecule has 3 amide bonds. The number of benzene rings is 3. The van der Waals surface area contributed by atoms with Gasteiger partial charge in [0.05, 0.1) is 21.9 Å². The van der Waals surface area contributed by atoms with E-state index in [4.69, 9.17) is 5.73 Å².